The fourth-order valence-electron chi connectivity index (χ4n) is 3.51. The summed E-state index contributed by atoms with van der Waals surface area (Å²) in [6, 6.07) is 6.98. The second kappa shape index (κ2) is 9.43. The number of aryl methyl sites for hydroxylation is 1. The molecule has 0 bridgehead atoms. The van der Waals surface area contributed by atoms with Crippen LogP contribution in [0.3, 0.4) is 0 Å². The molecule has 0 aliphatic carbocycles. The molecule has 1 saturated heterocycles. The van der Waals surface area contributed by atoms with Crippen LogP contribution in [0.25, 0.3) is 22.4 Å². The predicted molar refractivity (Wildman–Crippen MR) is 123 cm³/mol. The molecule has 1 atom stereocenters. The van der Waals surface area contributed by atoms with Crippen LogP contribution in [0.5, 0.6) is 0 Å². The first kappa shape index (κ1) is 22.5. The molecule has 1 amide bonds. The van der Waals surface area contributed by atoms with Gasteiger partial charge in [-0.3, -0.25) is 18.7 Å². The van der Waals surface area contributed by atoms with Gasteiger partial charge in [0.25, 0.3) is 5.56 Å². The summed E-state index contributed by atoms with van der Waals surface area (Å²) < 4.78 is 7.83. The minimum Gasteiger partial charge on any atom is -0.376 e. The van der Waals surface area contributed by atoms with Gasteiger partial charge in [-0.15, -0.1) is 0 Å². The number of hydrogen-bond acceptors (Lipinski definition) is 7. The van der Waals surface area contributed by atoms with Crippen molar-refractivity contribution in [2.45, 2.75) is 24.0 Å². The van der Waals surface area contributed by atoms with Gasteiger partial charge in [0.05, 0.1) is 11.9 Å². The van der Waals surface area contributed by atoms with Crippen molar-refractivity contribution in [1.29, 1.82) is 0 Å². The van der Waals surface area contributed by atoms with Gasteiger partial charge in [-0.05, 0) is 25.0 Å². The average molecular weight is 476 g/mol. The summed E-state index contributed by atoms with van der Waals surface area (Å²) in [5, 5.41) is 3.88. The van der Waals surface area contributed by atoms with Crippen LogP contribution in [-0.2, 0) is 23.6 Å². The summed E-state index contributed by atoms with van der Waals surface area (Å²) in [4.78, 5) is 46.8. The maximum Gasteiger partial charge on any atom is 0.332 e. The molecule has 9 nitrogen and oxygen atoms in total. The lowest BCUT2D eigenvalue weighted by Crippen LogP contribution is -2.38. The highest BCUT2D eigenvalue weighted by Gasteiger charge is 2.20. The van der Waals surface area contributed by atoms with Crippen molar-refractivity contribution in [3.8, 4) is 11.4 Å². The van der Waals surface area contributed by atoms with Crippen LogP contribution in [0.4, 0.5) is 0 Å². The number of carbonyl (C=O) groups excluding carboxylic acids is 1. The highest BCUT2D eigenvalue weighted by atomic mass is 35.5. The SMILES string of the molecule is Cn1c(=O)c2c(SCC(=O)NC[C@H]3CCCO3)nc(-c3cccc(Cl)c3)nc2n(C)c1=O. The molecule has 1 N–H and O–H groups in total. The number of halogens is 1. The standard InChI is InChI=1S/C21H22ClN5O4S/c1-26-18-16(20(29)27(2)21(26)30)19(25-17(24-18)12-5-3-6-13(22)9-12)32-11-15(28)23-10-14-7-4-8-31-14/h3,5-6,9,14H,4,7-8,10-11H2,1-2H3,(H,23,28)/t14-/m1/s1. The van der Waals surface area contributed by atoms with Crippen LogP contribution in [0.15, 0.2) is 38.9 Å². The van der Waals surface area contributed by atoms with E-state index in [1.807, 2.05) is 0 Å². The van der Waals surface area contributed by atoms with E-state index in [1.165, 1.54) is 11.6 Å². The first-order chi connectivity index (χ1) is 15.3. The number of rotatable bonds is 6. The molecule has 168 valence electrons. The van der Waals surface area contributed by atoms with Crippen LogP contribution in [0.1, 0.15) is 12.8 Å². The minimum absolute atomic E-state index is 0.0417. The van der Waals surface area contributed by atoms with Crippen molar-refractivity contribution in [1.82, 2.24) is 24.4 Å². The van der Waals surface area contributed by atoms with E-state index in [4.69, 9.17) is 16.3 Å². The highest BCUT2D eigenvalue weighted by molar-refractivity contribution is 8.00. The molecular formula is C21H22ClN5O4S. The van der Waals surface area contributed by atoms with E-state index in [0.717, 1.165) is 35.8 Å². The van der Waals surface area contributed by atoms with Crippen molar-refractivity contribution >= 4 is 40.3 Å². The molecule has 1 aromatic carbocycles. The molecular weight excluding hydrogens is 454 g/mol. The second-order valence-electron chi connectivity index (χ2n) is 7.49. The topological polar surface area (TPSA) is 108 Å². The predicted octanol–water partition coefficient (Wildman–Crippen LogP) is 1.73. The van der Waals surface area contributed by atoms with E-state index >= 15 is 0 Å². The van der Waals surface area contributed by atoms with Crippen LogP contribution >= 0.6 is 23.4 Å². The maximum atomic E-state index is 12.9. The molecule has 11 heteroatoms. The third-order valence-electron chi connectivity index (χ3n) is 5.24. The molecule has 3 aromatic rings. The monoisotopic (exact) mass is 475 g/mol. The van der Waals surface area contributed by atoms with E-state index in [-0.39, 0.29) is 28.8 Å². The normalized spacial score (nSPS) is 15.9. The van der Waals surface area contributed by atoms with Gasteiger partial charge in [-0.1, -0.05) is 35.5 Å². The molecule has 4 rings (SSSR count). The lowest BCUT2D eigenvalue weighted by atomic mass is 10.2. The van der Waals surface area contributed by atoms with Crippen LogP contribution in [-0.4, -0.2) is 50.0 Å². The van der Waals surface area contributed by atoms with Gasteiger partial charge in [0.1, 0.15) is 10.4 Å². The van der Waals surface area contributed by atoms with Gasteiger partial charge >= 0.3 is 5.69 Å². The van der Waals surface area contributed by atoms with Crippen LogP contribution in [0.2, 0.25) is 5.02 Å². The van der Waals surface area contributed by atoms with E-state index in [9.17, 15) is 14.4 Å². The van der Waals surface area contributed by atoms with Crippen molar-refractivity contribution in [2.24, 2.45) is 14.1 Å². The Labute approximate surface area is 192 Å². The van der Waals surface area contributed by atoms with Gasteiger partial charge < -0.3 is 10.1 Å². The molecule has 2 aromatic heterocycles. The third kappa shape index (κ3) is 4.57. The average Bonchev–Trinajstić information content (AvgIpc) is 3.31. The molecule has 0 spiro atoms. The summed E-state index contributed by atoms with van der Waals surface area (Å²) in [5.74, 6) is 0.175. The number of nitrogens with one attached hydrogen (secondary N) is 1. The highest BCUT2D eigenvalue weighted by Crippen LogP contribution is 2.27. The Morgan fingerprint density at radius 1 is 1.28 bits per heavy atom. The van der Waals surface area contributed by atoms with Gasteiger partial charge in [0, 0.05) is 37.8 Å². The van der Waals surface area contributed by atoms with Gasteiger partial charge in [0.15, 0.2) is 11.5 Å². The molecule has 1 aliphatic heterocycles. The number of ether oxygens (including phenoxy) is 1. The van der Waals surface area contributed by atoms with Gasteiger partial charge in [-0.25, -0.2) is 14.8 Å². The number of hydrogen-bond donors (Lipinski definition) is 1. The van der Waals surface area contributed by atoms with Crippen LogP contribution in [0, 0.1) is 0 Å². The number of fused-ring (bicyclic) bond motifs is 1. The van der Waals surface area contributed by atoms with E-state index in [2.05, 4.69) is 15.3 Å². The van der Waals surface area contributed by atoms with E-state index < -0.39 is 11.2 Å². The zero-order valence-corrected chi connectivity index (χ0v) is 19.2. The Bertz CT molecular complexity index is 1300. The zero-order valence-electron chi connectivity index (χ0n) is 17.6. The minimum atomic E-state index is -0.511. The summed E-state index contributed by atoms with van der Waals surface area (Å²) in [5.41, 5.74) is -0.172. The smallest absolute Gasteiger partial charge is 0.332 e. The zero-order chi connectivity index (χ0) is 22.8. The van der Waals surface area contributed by atoms with E-state index in [0.29, 0.717) is 28.0 Å². The molecule has 1 fully saturated rings. The number of benzene rings is 1. The third-order valence-corrected chi connectivity index (χ3v) is 6.45. The Balaban J connectivity index is 1.71. The lowest BCUT2D eigenvalue weighted by Gasteiger charge is -2.13. The fourth-order valence-corrected chi connectivity index (χ4v) is 4.54. The van der Waals surface area contributed by atoms with Crippen molar-refractivity contribution in [3.05, 3.63) is 50.1 Å². The summed E-state index contributed by atoms with van der Waals surface area (Å²) in [7, 11) is 2.94. The Kier molecular flexibility index (Phi) is 6.63. The summed E-state index contributed by atoms with van der Waals surface area (Å²) >= 11 is 7.24. The molecule has 3 heterocycles. The summed E-state index contributed by atoms with van der Waals surface area (Å²) in [6.07, 6.45) is 1.97. The van der Waals surface area contributed by atoms with Crippen molar-refractivity contribution in [2.75, 3.05) is 18.9 Å². The Morgan fingerprint density at radius 3 is 2.81 bits per heavy atom. The Morgan fingerprint density at radius 2 is 2.09 bits per heavy atom. The van der Waals surface area contributed by atoms with Gasteiger partial charge in [0.2, 0.25) is 5.91 Å². The lowest BCUT2D eigenvalue weighted by molar-refractivity contribution is -0.119. The molecule has 1 aliphatic rings. The number of nitrogens with zero attached hydrogens (tertiary/aromatic N) is 4. The maximum absolute atomic E-state index is 12.9. The van der Waals surface area contributed by atoms with Crippen molar-refractivity contribution in [3.63, 3.8) is 0 Å². The number of aromatic nitrogens is 4. The van der Waals surface area contributed by atoms with Crippen molar-refractivity contribution < 1.29 is 9.53 Å². The van der Waals surface area contributed by atoms with Crippen LogP contribution < -0.4 is 16.6 Å². The second-order valence-corrected chi connectivity index (χ2v) is 8.90. The van der Waals surface area contributed by atoms with E-state index in [1.54, 1.807) is 31.3 Å². The fraction of sp³-hybridized carbons (Fsp3) is 0.381. The summed E-state index contributed by atoms with van der Waals surface area (Å²) in [6.45, 7) is 1.17. The number of amides is 1. The Hall–Kier alpha value is -2.69. The molecule has 0 unspecified atom stereocenters. The largest absolute Gasteiger partial charge is 0.376 e. The number of carbonyl (C=O) groups is 1. The quantitative estimate of drug-likeness (QED) is 0.427. The first-order valence-electron chi connectivity index (χ1n) is 10.1. The molecule has 0 saturated carbocycles. The molecule has 0 radical (unpaired) electrons. The molecule has 32 heavy (non-hydrogen) atoms. The van der Waals surface area contributed by atoms with Gasteiger partial charge in [-0.2, -0.15) is 0 Å². The first-order valence-corrected chi connectivity index (χ1v) is 11.5. The number of thioether (sulfide) groups is 1.